The maximum atomic E-state index is 13.0. The van der Waals surface area contributed by atoms with Crippen LogP contribution in [0.2, 0.25) is 0 Å². The van der Waals surface area contributed by atoms with E-state index < -0.39 is 11.6 Å². The Kier molecular flexibility index (Phi) is 3.91. The van der Waals surface area contributed by atoms with Gasteiger partial charge in [0.2, 0.25) is 0 Å². The van der Waals surface area contributed by atoms with Crippen molar-refractivity contribution in [3.63, 3.8) is 0 Å². The van der Waals surface area contributed by atoms with Crippen molar-refractivity contribution in [2.45, 2.75) is 0 Å². The number of hydrogen-bond acceptors (Lipinski definition) is 2. The van der Waals surface area contributed by atoms with Crippen LogP contribution in [0.3, 0.4) is 0 Å². The van der Waals surface area contributed by atoms with Crippen LogP contribution in [0, 0.1) is 11.6 Å². The van der Waals surface area contributed by atoms with Gasteiger partial charge in [-0.05, 0) is 29.8 Å². The molecule has 2 nitrogen and oxygen atoms in total. The number of anilines is 1. The fourth-order valence-corrected chi connectivity index (χ4v) is 1.50. The van der Waals surface area contributed by atoms with Crippen molar-refractivity contribution in [3.05, 3.63) is 48.0 Å². The Balaban J connectivity index is 0.00000144. The summed E-state index contributed by atoms with van der Waals surface area (Å²) >= 11 is 0. The van der Waals surface area contributed by atoms with Gasteiger partial charge in [0.1, 0.15) is 17.4 Å². The minimum Gasteiger partial charge on any atom is -0.507 e. The Morgan fingerprint density at radius 3 is 2.06 bits per heavy atom. The molecule has 5 heteroatoms. The molecule has 0 saturated heterocycles. The molecule has 0 atom stereocenters. The molecule has 2 aromatic rings. The zero-order valence-corrected chi connectivity index (χ0v) is 9.47. The number of nitrogen functional groups attached to an aromatic ring is 1. The molecule has 0 fully saturated rings. The first kappa shape index (κ1) is 13.3. The van der Waals surface area contributed by atoms with Crippen molar-refractivity contribution in [2.75, 3.05) is 5.73 Å². The Bertz CT molecular complexity index is 526. The van der Waals surface area contributed by atoms with Crippen molar-refractivity contribution in [3.8, 4) is 16.9 Å². The largest absolute Gasteiger partial charge is 0.507 e. The van der Waals surface area contributed by atoms with Gasteiger partial charge in [0.25, 0.3) is 0 Å². The van der Waals surface area contributed by atoms with Gasteiger partial charge in [-0.1, -0.05) is 0 Å². The van der Waals surface area contributed by atoms with Crippen LogP contribution >= 0.6 is 12.4 Å². The SMILES string of the molecule is Cl.Nc1ccc(-c2cc(F)cc(F)c2)c(O)c1. The van der Waals surface area contributed by atoms with Crippen molar-refractivity contribution >= 4 is 18.1 Å². The predicted octanol–water partition coefficient (Wildman–Crippen LogP) is 3.34. The molecule has 0 radical (unpaired) electrons. The molecule has 0 aliphatic heterocycles. The summed E-state index contributed by atoms with van der Waals surface area (Å²) < 4.78 is 26.0. The van der Waals surface area contributed by atoms with E-state index in [4.69, 9.17) is 5.73 Å². The lowest BCUT2D eigenvalue weighted by molar-refractivity contribution is 0.477. The highest BCUT2D eigenvalue weighted by Gasteiger charge is 2.07. The van der Waals surface area contributed by atoms with Gasteiger partial charge in [-0.15, -0.1) is 12.4 Å². The first-order valence-electron chi connectivity index (χ1n) is 4.61. The molecule has 0 aromatic heterocycles. The van der Waals surface area contributed by atoms with E-state index in [-0.39, 0.29) is 23.7 Å². The smallest absolute Gasteiger partial charge is 0.126 e. The van der Waals surface area contributed by atoms with Gasteiger partial charge >= 0.3 is 0 Å². The summed E-state index contributed by atoms with van der Waals surface area (Å²) in [6.45, 7) is 0. The molecule has 0 saturated carbocycles. The molecule has 2 rings (SSSR count). The molecule has 0 aliphatic rings. The quantitative estimate of drug-likeness (QED) is 0.770. The number of nitrogens with two attached hydrogens (primary N) is 1. The second kappa shape index (κ2) is 5.01. The first-order valence-corrected chi connectivity index (χ1v) is 4.61. The molecule has 2 aromatic carbocycles. The third-order valence-corrected chi connectivity index (χ3v) is 2.20. The van der Waals surface area contributed by atoms with Crippen LogP contribution in [0.4, 0.5) is 14.5 Å². The summed E-state index contributed by atoms with van der Waals surface area (Å²) in [4.78, 5) is 0. The van der Waals surface area contributed by atoms with E-state index in [1.54, 1.807) is 6.07 Å². The number of benzene rings is 2. The monoisotopic (exact) mass is 257 g/mol. The molecule has 0 bridgehead atoms. The van der Waals surface area contributed by atoms with E-state index in [1.807, 2.05) is 0 Å². The van der Waals surface area contributed by atoms with Gasteiger partial charge in [-0.3, -0.25) is 0 Å². The van der Waals surface area contributed by atoms with Crippen LogP contribution in [0.25, 0.3) is 11.1 Å². The van der Waals surface area contributed by atoms with Gasteiger partial charge in [0.05, 0.1) is 0 Å². The molecule has 0 unspecified atom stereocenters. The van der Waals surface area contributed by atoms with Gasteiger partial charge in [0.15, 0.2) is 0 Å². The van der Waals surface area contributed by atoms with Crippen molar-refractivity contribution < 1.29 is 13.9 Å². The second-order valence-corrected chi connectivity index (χ2v) is 3.43. The zero-order valence-electron chi connectivity index (χ0n) is 8.65. The summed E-state index contributed by atoms with van der Waals surface area (Å²) in [5.41, 5.74) is 6.46. The summed E-state index contributed by atoms with van der Waals surface area (Å²) in [6.07, 6.45) is 0. The van der Waals surface area contributed by atoms with Crippen LogP contribution in [0.1, 0.15) is 0 Å². The lowest BCUT2D eigenvalue weighted by Gasteiger charge is -2.06. The summed E-state index contributed by atoms with van der Waals surface area (Å²) in [5, 5.41) is 9.60. The molecule has 90 valence electrons. The van der Waals surface area contributed by atoms with E-state index >= 15 is 0 Å². The van der Waals surface area contributed by atoms with Gasteiger partial charge < -0.3 is 10.8 Å². The van der Waals surface area contributed by atoms with E-state index in [9.17, 15) is 13.9 Å². The fourth-order valence-electron chi connectivity index (χ4n) is 1.50. The Morgan fingerprint density at radius 2 is 1.53 bits per heavy atom. The van der Waals surface area contributed by atoms with Crippen LogP contribution in [-0.2, 0) is 0 Å². The first-order chi connectivity index (χ1) is 7.56. The number of hydrogen-bond donors (Lipinski definition) is 2. The van der Waals surface area contributed by atoms with Crippen molar-refractivity contribution in [2.24, 2.45) is 0 Å². The zero-order chi connectivity index (χ0) is 11.7. The lowest BCUT2D eigenvalue weighted by Crippen LogP contribution is -1.87. The van der Waals surface area contributed by atoms with E-state index in [0.717, 1.165) is 18.2 Å². The van der Waals surface area contributed by atoms with Crippen LogP contribution < -0.4 is 5.73 Å². The van der Waals surface area contributed by atoms with E-state index in [1.165, 1.54) is 12.1 Å². The van der Waals surface area contributed by atoms with Crippen LogP contribution in [0.15, 0.2) is 36.4 Å². The second-order valence-electron chi connectivity index (χ2n) is 3.43. The maximum absolute atomic E-state index is 13.0. The lowest BCUT2D eigenvalue weighted by atomic mass is 10.0. The van der Waals surface area contributed by atoms with Crippen molar-refractivity contribution in [1.82, 2.24) is 0 Å². The normalized spacial score (nSPS) is 9.76. The number of aromatic hydroxyl groups is 1. The van der Waals surface area contributed by atoms with Gasteiger partial charge in [0, 0.05) is 23.4 Å². The highest BCUT2D eigenvalue weighted by molar-refractivity contribution is 5.85. The predicted molar refractivity (Wildman–Crippen MR) is 65.1 cm³/mol. The van der Waals surface area contributed by atoms with E-state index in [0.29, 0.717) is 11.3 Å². The van der Waals surface area contributed by atoms with Crippen LogP contribution in [0.5, 0.6) is 5.75 Å². The third kappa shape index (κ3) is 2.85. The Hall–Kier alpha value is -1.81. The van der Waals surface area contributed by atoms with Crippen LogP contribution in [-0.4, -0.2) is 5.11 Å². The average molecular weight is 258 g/mol. The third-order valence-electron chi connectivity index (χ3n) is 2.20. The van der Waals surface area contributed by atoms with Crippen molar-refractivity contribution in [1.29, 1.82) is 0 Å². The molecule has 0 heterocycles. The maximum Gasteiger partial charge on any atom is 0.126 e. The molecule has 0 aliphatic carbocycles. The fraction of sp³-hybridized carbons (Fsp3) is 0. The molecule has 3 N–H and O–H groups in total. The topological polar surface area (TPSA) is 46.2 Å². The highest BCUT2D eigenvalue weighted by Crippen LogP contribution is 2.31. The standard InChI is InChI=1S/C12H9F2NO.ClH/c13-8-3-7(4-9(14)5-8)11-2-1-10(15)6-12(11)16;/h1-6,16H,15H2;1H. The number of phenols is 1. The number of phenolic OH excluding ortho intramolecular Hbond substituents is 1. The average Bonchev–Trinajstić information content (AvgIpc) is 2.15. The molecule has 0 amide bonds. The molecular formula is C12H10ClF2NO. The molecule has 0 spiro atoms. The molecular weight excluding hydrogens is 248 g/mol. The Labute approximate surface area is 103 Å². The summed E-state index contributed by atoms with van der Waals surface area (Å²) in [5.74, 6) is -1.48. The highest BCUT2D eigenvalue weighted by atomic mass is 35.5. The summed E-state index contributed by atoms with van der Waals surface area (Å²) in [7, 11) is 0. The van der Waals surface area contributed by atoms with Gasteiger partial charge in [-0.25, -0.2) is 8.78 Å². The minimum absolute atomic E-state index is 0. The molecule has 17 heavy (non-hydrogen) atoms. The minimum atomic E-state index is -0.689. The Morgan fingerprint density at radius 1 is 0.941 bits per heavy atom. The van der Waals surface area contributed by atoms with Gasteiger partial charge in [-0.2, -0.15) is 0 Å². The van der Waals surface area contributed by atoms with E-state index in [2.05, 4.69) is 0 Å². The number of rotatable bonds is 1. The summed E-state index contributed by atoms with van der Waals surface area (Å²) in [6, 6.07) is 7.47. The number of halogens is 3.